The topological polar surface area (TPSA) is 130 Å². The van der Waals surface area contributed by atoms with Gasteiger partial charge in [0, 0.05) is 12.6 Å². The average Bonchev–Trinajstić information content (AvgIpc) is 3.31. The number of carbonyl (C=O) groups is 4. The Bertz CT molecular complexity index is 1020. The molecule has 2 fully saturated rings. The third-order valence-electron chi connectivity index (χ3n) is 5.59. The number of fused-ring (bicyclic) bond motifs is 5. The van der Waals surface area contributed by atoms with Crippen molar-refractivity contribution in [3.8, 4) is 0 Å². The Hall–Kier alpha value is -3.01. The number of sulfonamides is 1. The lowest BCUT2D eigenvalue weighted by atomic mass is 9.85. The molecule has 2 N–H and O–H groups in total. The number of nitrogens with zero attached hydrogens (tertiary/aromatic N) is 1. The third-order valence-corrected chi connectivity index (χ3v) is 7.04. The zero-order chi connectivity index (χ0) is 20.9. The number of hydrogen-bond donors (Lipinski definition) is 2. The van der Waals surface area contributed by atoms with E-state index in [1.807, 2.05) is 16.9 Å². The molecule has 0 unspecified atom stereocenters. The van der Waals surface area contributed by atoms with E-state index in [4.69, 9.17) is 0 Å². The molecule has 1 aromatic rings. The number of imide groups is 1. The lowest BCUT2D eigenvalue weighted by Gasteiger charge is -2.17. The van der Waals surface area contributed by atoms with Gasteiger partial charge in [0.05, 0.1) is 16.7 Å². The van der Waals surface area contributed by atoms with Crippen LogP contribution in [0, 0.1) is 23.7 Å². The maximum absolute atomic E-state index is 12.6. The molecule has 1 saturated heterocycles. The molecule has 152 valence electrons. The largest absolute Gasteiger partial charge is 0.325 e. The third kappa shape index (κ3) is 3.33. The van der Waals surface area contributed by atoms with E-state index in [9.17, 15) is 27.6 Å². The first-order valence-corrected chi connectivity index (χ1v) is 10.6. The zero-order valence-electron chi connectivity index (χ0n) is 15.5. The van der Waals surface area contributed by atoms with Gasteiger partial charge in [-0.15, -0.1) is 0 Å². The minimum Gasteiger partial charge on any atom is -0.325 e. The van der Waals surface area contributed by atoms with Gasteiger partial charge in [-0.25, -0.2) is 13.1 Å². The highest BCUT2D eigenvalue weighted by Gasteiger charge is 2.59. The highest BCUT2D eigenvalue weighted by atomic mass is 32.2. The second-order valence-electron chi connectivity index (χ2n) is 7.50. The van der Waals surface area contributed by atoms with Crippen LogP contribution in [0.2, 0.25) is 0 Å². The molecule has 0 radical (unpaired) electrons. The maximum atomic E-state index is 12.6. The summed E-state index contributed by atoms with van der Waals surface area (Å²) in [7, 11) is -3.97. The van der Waals surface area contributed by atoms with Gasteiger partial charge in [-0.1, -0.05) is 12.2 Å². The van der Waals surface area contributed by atoms with Crippen molar-refractivity contribution >= 4 is 39.3 Å². The lowest BCUT2D eigenvalue weighted by molar-refractivity contribution is -0.143. The fourth-order valence-corrected chi connectivity index (χ4v) is 5.42. The Morgan fingerprint density at radius 2 is 1.59 bits per heavy atom. The lowest BCUT2D eigenvalue weighted by Crippen LogP contribution is -2.39. The first-order chi connectivity index (χ1) is 13.7. The Morgan fingerprint density at radius 3 is 2.10 bits per heavy atom. The molecule has 0 aromatic heterocycles. The molecule has 1 saturated carbocycles. The molecule has 10 heteroatoms. The first-order valence-electron chi connectivity index (χ1n) is 9.14. The normalized spacial score (nSPS) is 27.3. The number of rotatable bonds is 5. The van der Waals surface area contributed by atoms with Gasteiger partial charge in [-0.2, -0.15) is 0 Å². The number of anilines is 1. The molecule has 4 atom stereocenters. The summed E-state index contributed by atoms with van der Waals surface area (Å²) in [4.78, 5) is 49.4. The summed E-state index contributed by atoms with van der Waals surface area (Å²) < 4.78 is 25.7. The van der Waals surface area contributed by atoms with Gasteiger partial charge in [0.15, 0.2) is 0 Å². The fraction of sp³-hybridized carbons (Fsp3) is 0.368. The van der Waals surface area contributed by atoms with E-state index in [-0.39, 0.29) is 46.9 Å². The molecule has 1 heterocycles. The Morgan fingerprint density at radius 1 is 1.03 bits per heavy atom. The molecule has 29 heavy (non-hydrogen) atoms. The number of hydrogen-bond acceptors (Lipinski definition) is 6. The second kappa shape index (κ2) is 6.80. The van der Waals surface area contributed by atoms with Crippen LogP contribution >= 0.6 is 0 Å². The van der Waals surface area contributed by atoms with Crippen LogP contribution in [0.4, 0.5) is 5.69 Å². The van der Waals surface area contributed by atoms with E-state index >= 15 is 0 Å². The van der Waals surface area contributed by atoms with Gasteiger partial charge >= 0.3 is 0 Å². The predicted molar refractivity (Wildman–Crippen MR) is 101 cm³/mol. The van der Waals surface area contributed by atoms with Crippen LogP contribution in [-0.4, -0.2) is 43.5 Å². The van der Waals surface area contributed by atoms with Crippen molar-refractivity contribution in [3.05, 3.63) is 36.4 Å². The highest BCUT2D eigenvalue weighted by Crippen LogP contribution is 2.52. The van der Waals surface area contributed by atoms with Gasteiger partial charge in [-0.3, -0.25) is 24.1 Å². The molecule has 1 aromatic carbocycles. The van der Waals surface area contributed by atoms with Crippen molar-refractivity contribution < 1.29 is 27.6 Å². The summed E-state index contributed by atoms with van der Waals surface area (Å²) >= 11 is 0. The first kappa shape index (κ1) is 19.3. The number of likely N-dealkylation sites (tertiary alicyclic amines) is 1. The molecule has 2 bridgehead atoms. The standard InChI is InChI=1S/C19H19N3O6S/c1-10(23)21-29(27,28)14-6-4-13(5-7-14)20-15(24)9-22-18(25)16-11-2-3-12(8-11)17(16)19(22)26/h2-7,11-12,16-17H,8-9H2,1H3,(H,20,24)(H,21,23)/t11-,12-,16-,17+/m1/s1. The van der Waals surface area contributed by atoms with Gasteiger partial charge in [0.2, 0.25) is 23.6 Å². The number of carbonyl (C=O) groups excluding carboxylic acids is 4. The monoisotopic (exact) mass is 417 g/mol. The van der Waals surface area contributed by atoms with Crippen molar-refractivity contribution in [2.75, 3.05) is 11.9 Å². The van der Waals surface area contributed by atoms with Crippen molar-refractivity contribution in [2.45, 2.75) is 18.2 Å². The Kier molecular flexibility index (Phi) is 4.53. The smallest absolute Gasteiger partial charge is 0.264 e. The number of allylic oxidation sites excluding steroid dienone is 2. The summed E-state index contributed by atoms with van der Waals surface area (Å²) in [5.74, 6) is -2.43. The summed E-state index contributed by atoms with van der Waals surface area (Å²) in [6.45, 7) is 0.707. The van der Waals surface area contributed by atoms with Crippen molar-refractivity contribution in [3.63, 3.8) is 0 Å². The van der Waals surface area contributed by atoms with Crippen LogP contribution < -0.4 is 10.0 Å². The second-order valence-corrected chi connectivity index (χ2v) is 9.18. The van der Waals surface area contributed by atoms with Gasteiger partial charge < -0.3 is 5.32 Å². The molecular formula is C19H19N3O6S. The minimum absolute atomic E-state index is 0.0765. The number of nitrogens with one attached hydrogen (secondary N) is 2. The molecule has 1 aliphatic heterocycles. The number of benzene rings is 1. The molecular weight excluding hydrogens is 398 g/mol. The molecule has 0 spiro atoms. The van der Waals surface area contributed by atoms with E-state index < -0.39 is 21.8 Å². The molecule has 4 rings (SSSR count). The van der Waals surface area contributed by atoms with Crippen LogP contribution in [0.5, 0.6) is 0 Å². The molecule has 9 nitrogen and oxygen atoms in total. The van der Waals surface area contributed by atoms with Crippen LogP contribution in [0.3, 0.4) is 0 Å². The van der Waals surface area contributed by atoms with Crippen molar-refractivity contribution in [2.24, 2.45) is 23.7 Å². The highest BCUT2D eigenvalue weighted by molar-refractivity contribution is 7.90. The SMILES string of the molecule is CC(=O)NS(=O)(=O)c1ccc(NC(=O)CN2C(=O)[C@@H]3[C@H](C2=O)[C@@H]2C=C[C@@H]3C2)cc1. The summed E-state index contributed by atoms with van der Waals surface area (Å²) in [6.07, 6.45) is 4.79. The van der Waals surface area contributed by atoms with Crippen LogP contribution in [0.1, 0.15) is 13.3 Å². The molecule has 3 aliphatic rings. The van der Waals surface area contributed by atoms with E-state index in [0.717, 1.165) is 18.2 Å². The van der Waals surface area contributed by atoms with Gasteiger partial charge in [-0.05, 0) is 42.5 Å². The quantitative estimate of drug-likeness (QED) is 0.522. The maximum Gasteiger partial charge on any atom is 0.264 e. The zero-order valence-corrected chi connectivity index (χ0v) is 16.3. The van der Waals surface area contributed by atoms with Crippen LogP contribution in [0.25, 0.3) is 0 Å². The Balaban J connectivity index is 1.40. The van der Waals surface area contributed by atoms with E-state index in [1.165, 1.54) is 24.3 Å². The molecule has 2 aliphatic carbocycles. The fourth-order valence-electron chi connectivity index (χ4n) is 4.43. The van der Waals surface area contributed by atoms with Crippen molar-refractivity contribution in [1.82, 2.24) is 9.62 Å². The van der Waals surface area contributed by atoms with E-state index in [2.05, 4.69) is 5.32 Å². The molecule has 4 amide bonds. The number of amides is 4. The van der Waals surface area contributed by atoms with E-state index in [0.29, 0.717) is 5.69 Å². The van der Waals surface area contributed by atoms with Gasteiger partial charge in [0.25, 0.3) is 10.0 Å². The van der Waals surface area contributed by atoms with Crippen molar-refractivity contribution in [1.29, 1.82) is 0 Å². The van der Waals surface area contributed by atoms with Crippen LogP contribution in [-0.2, 0) is 29.2 Å². The minimum atomic E-state index is -3.97. The average molecular weight is 417 g/mol. The van der Waals surface area contributed by atoms with Gasteiger partial charge in [0.1, 0.15) is 6.54 Å². The predicted octanol–water partition coefficient (Wildman–Crippen LogP) is 0.257. The Labute approximate surface area is 167 Å². The summed E-state index contributed by atoms with van der Waals surface area (Å²) in [5.41, 5.74) is 0.304. The van der Waals surface area contributed by atoms with E-state index in [1.54, 1.807) is 0 Å². The summed E-state index contributed by atoms with van der Waals surface area (Å²) in [6, 6.07) is 5.19. The summed E-state index contributed by atoms with van der Waals surface area (Å²) in [5, 5.41) is 2.55. The van der Waals surface area contributed by atoms with Crippen LogP contribution in [0.15, 0.2) is 41.3 Å².